The lowest BCUT2D eigenvalue weighted by Crippen LogP contribution is -2.05. The second-order valence-electron chi connectivity index (χ2n) is 4.53. The second kappa shape index (κ2) is 5.48. The number of hydrogen-bond donors (Lipinski definition) is 0. The Balaban J connectivity index is 2.12. The first-order chi connectivity index (χ1) is 9.79. The standard InChI is InChI=1S/C16H12BrN3/c17-13-6-2-1-5-12(13)11-20-15-8-4-3-7-14(15)19-16(20)9-10-18/h1-8H,9,11H2. The molecule has 0 saturated heterocycles. The van der Waals surface area contributed by atoms with Crippen LogP contribution in [0.1, 0.15) is 11.4 Å². The molecule has 0 amide bonds. The number of nitriles is 1. The molecule has 98 valence electrons. The lowest BCUT2D eigenvalue weighted by Gasteiger charge is -2.09. The van der Waals surface area contributed by atoms with Crippen molar-refractivity contribution in [2.75, 3.05) is 0 Å². The first-order valence-corrected chi connectivity index (χ1v) is 7.13. The lowest BCUT2D eigenvalue weighted by atomic mass is 10.2. The first-order valence-electron chi connectivity index (χ1n) is 6.34. The van der Waals surface area contributed by atoms with E-state index in [0.717, 1.165) is 21.3 Å². The Morgan fingerprint density at radius 1 is 1.10 bits per heavy atom. The molecule has 0 aliphatic carbocycles. The molecule has 0 saturated carbocycles. The van der Waals surface area contributed by atoms with E-state index in [1.54, 1.807) is 0 Å². The monoisotopic (exact) mass is 325 g/mol. The highest BCUT2D eigenvalue weighted by atomic mass is 79.9. The molecule has 3 aromatic rings. The van der Waals surface area contributed by atoms with Crippen molar-refractivity contribution in [3.63, 3.8) is 0 Å². The van der Waals surface area contributed by atoms with E-state index in [1.807, 2.05) is 42.5 Å². The number of halogens is 1. The molecule has 3 nitrogen and oxygen atoms in total. The van der Waals surface area contributed by atoms with E-state index < -0.39 is 0 Å². The van der Waals surface area contributed by atoms with E-state index in [4.69, 9.17) is 5.26 Å². The minimum Gasteiger partial charge on any atom is -0.323 e. The SMILES string of the molecule is N#CCc1nc2ccccc2n1Cc1ccccc1Br. The maximum absolute atomic E-state index is 8.98. The highest BCUT2D eigenvalue weighted by molar-refractivity contribution is 9.10. The number of rotatable bonds is 3. The van der Waals surface area contributed by atoms with E-state index in [9.17, 15) is 0 Å². The van der Waals surface area contributed by atoms with Crippen LogP contribution < -0.4 is 0 Å². The molecule has 0 aliphatic heterocycles. The fourth-order valence-electron chi connectivity index (χ4n) is 2.30. The smallest absolute Gasteiger partial charge is 0.124 e. The van der Waals surface area contributed by atoms with Crippen molar-refractivity contribution in [1.29, 1.82) is 5.26 Å². The average Bonchev–Trinajstić information content (AvgIpc) is 2.80. The zero-order valence-corrected chi connectivity index (χ0v) is 12.3. The molecule has 20 heavy (non-hydrogen) atoms. The van der Waals surface area contributed by atoms with Gasteiger partial charge in [-0.1, -0.05) is 46.3 Å². The Bertz CT molecular complexity index is 799. The molecule has 2 aromatic carbocycles. The summed E-state index contributed by atoms with van der Waals surface area (Å²) in [7, 11) is 0. The molecule has 4 heteroatoms. The summed E-state index contributed by atoms with van der Waals surface area (Å²) in [6.45, 7) is 0.707. The summed E-state index contributed by atoms with van der Waals surface area (Å²) in [5.41, 5.74) is 3.17. The number of hydrogen-bond acceptors (Lipinski definition) is 2. The molecule has 1 heterocycles. The Morgan fingerprint density at radius 3 is 2.65 bits per heavy atom. The van der Waals surface area contributed by atoms with Crippen LogP contribution >= 0.6 is 15.9 Å². The van der Waals surface area contributed by atoms with Crippen molar-refractivity contribution in [3.05, 3.63) is 64.4 Å². The summed E-state index contributed by atoms with van der Waals surface area (Å²) in [6, 6.07) is 18.3. The number of aromatic nitrogens is 2. The Kier molecular flexibility index (Phi) is 3.53. The molecule has 0 radical (unpaired) electrons. The van der Waals surface area contributed by atoms with E-state index in [1.165, 1.54) is 5.56 Å². The van der Waals surface area contributed by atoms with E-state index in [2.05, 4.69) is 37.6 Å². The number of nitrogens with zero attached hydrogens (tertiary/aromatic N) is 3. The molecule has 0 spiro atoms. The quantitative estimate of drug-likeness (QED) is 0.732. The molecule has 0 unspecified atom stereocenters. The first kappa shape index (κ1) is 12.9. The van der Waals surface area contributed by atoms with Crippen LogP contribution in [0.2, 0.25) is 0 Å². The summed E-state index contributed by atoms with van der Waals surface area (Å²) < 4.78 is 3.18. The van der Waals surface area contributed by atoms with Gasteiger partial charge in [-0.05, 0) is 23.8 Å². The van der Waals surface area contributed by atoms with Gasteiger partial charge in [0, 0.05) is 4.47 Å². The van der Waals surface area contributed by atoms with Crippen LogP contribution in [0.5, 0.6) is 0 Å². The van der Waals surface area contributed by atoms with Gasteiger partial charge in [-0.15, -0.1) is 0 Å². The minimum absolute atomic E-state index is 0.319. The van der Waals surface area contributed by atoms with Crippen LogP contribution in [0.3, 0.4) is 0 Å². The third-order valence-electron chi connectivity index (χ3n) is 3.26. The summed E-state index contributed by atoms with van der Waals surface area (Å²) >= 11 is 3.57. The third kappa shape index (κ3) is 2.33. The van der Waals surface area contributed by atoms with Gasteiger partial charge in [-0.2, -0.15) is 5.26 Å². The summed E-state index contributed by atoms with van der Waals surface area (Å²) in [6.07, 6.45) is 0.319. The molecule has 3 rings (SSSR count). The molecular weight excluding hydrogens is 314 g/mol. The average molecular weight is 326 g/mol. The maximum atomic E-state index is 8.98. The largest absolute Gasteiger partial charge is 0.323 e. The Labute approximate surface area is 125 Å². The zero-order chi connectivity index (χ0) is 13.9. The van der Waals surface area contributed by atoms with E-state index >= 15 is 0 Å². The number of para-hydroxylation sites is 2. The number of benzene rings is 2. The van der Waals surface area contributed by atoms with Gasteiger partial charge in [0.15, 0.2) is 0 Å². The van der Waals surface area contributed by atoms with Crippen molar-refractivity contribution in [3.8, 4) is 6.07 Å². The van der Waals surface area contributed by atoms with Crippen LogP contribution in [0.15, 0.2) is 53.0 Å². The van der Waals surface area contributed by atoms with Crippen LogP contribution in [0.4, 0.5) is 0 Å². The van der Waals surface area contributed by atoms with Gasteiger partial charge in [-0.25, -0.2) is 4.98 Å². The van der Waals surface area contributed by atoms with Crippen molar-refractivity contribution in [2.24, 2.45) is 0 Å². The van der Waals surface area contributed by atoms with Crippen molar-refractivity contribution in [2.45, 2.75) is 13.0 Å². The van der Waals surface area contributed by atoms with Crippen LogP contribution in [0, 0.1) is 11.3 Å². The topological polar surface area (TPSA) is 41.6 Å². The maximum Gasteiger partial charge on any atom is 0.124 e. The molecule has 0 atom stereocenters. The van der Waals surface area contributed by atoms with Gasteiger partial charge in [-0.3, -0.25) is 0 Å². The van der Waals surface area contributed by atoms with Gasteiger partial charge in [0.25, 0.3) is 0 Å². The molecule has 0 N–H and O–H groups in total. The van der Waals surface area contributed by atoms with Gasteiger partial charge >= 0.3 is 0 Å². The number of fused-ring (bicyclic) bond motifs is 1. The van der Waals surface area contributed by atoms with Crippen LogP contribution in [0.25, 0.3) is 11.0 Å². The molecular formula is C16H12BrN3. The summed E-state index contributed by atoms with van der Waals surface area (Å²) in [5.74, 6) is 0.810. The fraction of sp³-hybridized carbons (Fsp3) is 0.125. The Morgan fingerprint density at radius 2 is 1.85 bits per heavy atom. The van der Waals surface area contributed by atoms with E-state index in [-0.39, 0.29) is 0 Å². The highest BCUT2D eigenvalue weighted by Crippen LogP contribution is 2.22. The second-order valence-corrected chi connectivity index (χ2v) is 5.38. The summed E-state index contributed by atoms with van der Waals surface area (Å²) in [4.78, 5) is 4.55. The van der Waals surface area contributed by atoms with Crippen LogP contribution in [-0.2, 0) is 13.0 Å². The van der Waals surface area contributed by atoms with Gasteiger partial charge in [0.2, 0.25) is 0 Å². The highest BCUT2D eigenvalue weighted by Gasteiger charge is 2.11. The predicted octanol–water partition coefficient (Wildman–Crippen LogP) is 3.91. The van der Waals surface area contributed by atoms with Gasteiger partial charge in [0.05, 0.1) is 30.1 Å². The van der Waals surface area contributed by atoms with Crippen molar-refractivity contribution < 1.29 is 0 Å². The third-order valence-corrected chi connectivity index (χ3v) is 4.03. The summed E-state index contributed by atoms with van der Waals surface area (Å²) in [5, 5.41) is 8.98. The van der Waals surface area contributed by atoms with Crippen molar-refractivity contribution in [1.82, 2.24) is 9.55 Å². The normalized spacial score (nSPS) is 10.6. The predicted molar refractivity (Wildman–Crippen MR) is 82.3 cm³/mol. The van der Waals surface area contributed by atoms with Gasteiger partial charge in [0.1, 0.15) is 5.82 Å². The molecule has 0 bridgehead atoms. The Hall–Kier alpha value is -2.12. The minimum atomic E-state index is 0.319. The zero-order valence-electron chi connectivity index (χ0n) is 10.8. The fourth-order valence-corrected chi connectivity index (χ4v) is 2.71. The molecule has 0 fully saturated rings. The molecule has 1 aromatic heterocycles. The lowest BCUT2D eigenvalue weighted by molar-refractivity contribution is 0.767. The van der Waals surface area contributed by atoms with Crippen LogP contribution in [-0.4, -0.2) is 9.55 Å². The molecule has 0 aliphatic rings. The number of imidazole rings is 1. The van der Waals surface area contributed by atoms with E-state index in [0.29, 0.717) is 13.0 Å². The van der Waals surface area contributed by atoms with Gasteiger partial charge < -0.3 is 4.57 Å². The van der Waals surface area contributed by atoms with Crippen molar-refractivity contribution >= 4 is 27.0 Å².